The molecule has 0 N–H and O–H groups in total. The lowest BCUT2D eigenvalue weighted by molar-refractivity contribution is -0.130. The van der Waals surface area contributed by atoms with Crippen molar-refractivity contribution in [3.05, 3.63) is 30.1 Å². The van der Waals surface area contributed by atoms with Gasteiger partial charge in [0.2, 0.25) is 5.91 Å². The molecule has 2 atom stereocenters. The summed E-state index contributed by atoms with van der Waals surface area (Å²) >= 11 is 0. The average molecular weight is 363 g/mol. The van der Waals surface area contributed by atoms with Gasteiger partial charge in [0.1, 0.15) is 11.6 Å². The number of hydrogen-bond donors (Lipinski definition) is 0. The SMILES string of the molecule is CN(C)C(=O)CN1C[C@@H]2CC[C@H](C1)N(CCCOc1ccc(F)cc1)C2. The molecule has 0 radical (unpaired) electrons. The zero-order valence-electron chi connectivity index (χ0n) is 15.9. The van der Waals surface area contributed by atoms with E-state index in [1.165, 1.54) is 25.0 Å². The molecule has 3 aliphatic rings. The maximum atomic E-state index is 12.9. The topological polar surface area (TPSA) is 36.0 Å². The second kappa shape index (κ2) is 8.82. The fourth-order valence-corrected chi connectivity index (χ4v) is 4.00. The predicted octanol–water partition coefficient (Wildman–Crippen LogP) is 2.08. The third kappa shape index (κ3) is 5.17. The molecule has 4 rings (SSSR count). The smallest absolute Gasteiger partial charge is 0.236 e. The van der Waals surface area contributed by atoms with E-state index in [2.05, 4.69) is 9.80 Å². The first kappa shape index (κ1) is 19.1. The van der Waals surface area contributed by atoms with E-state index in [-0.39, 0.29) is 11.7 Å². The predicted molar refractivity (Wildman–Crippen MR) is 99.7 cm³/mol. The molecule has 144 valence electrons. The van der Waals surface area contributed by atoms with E-state index in [0.717, 1.165) is 38.3 Å². The normalized spacial score (nSPS) is 23.7. The lowest BCUT2D eigenvalue weighted by Gasteiger charge is -2.36. The highest BCUT2D eigenvalue weighted by molar-refractivity contribution is 5.77. The number of rotatable bonds is 7. The van der Waals surface area contributed by atoms with Crippen LogP contribution < -0.4 is 4.74 Å². The van der Waals surface area contributed by atoms with Gasteiger partial charge >= 0.3 is 0 Å². The van der Waals surface area contributed by atoms with Crippen LogP contribution in [0.3, 0.4) is 0 Å². The van der Waals surface area contributed by atoms with E-state index >= 15 is 0 Å². The number of piperidine rings is 1. The van der Waals surface area contributed by atoms with Gasteiger partial charge in [-0.2, -0.15) is 0 Å². The van der Waals surface area contributed by atoms with E-state index < -0.39 is 0 Å². The van der Waals surface area contributed by atoms with Gasteiger partial charge in [-0.25, -0.2) is 4.39 Å². The Balaban J connectivity index is 1.44. The molecule has 0 spiro atoms. The van der Waals surface area contributed by atoms with Crippen LogP contribution in [-0.4, -0.2) is 80.1 Å². The molecule has 5 nitrogen and oxygen atoms in total. The minimum atomic E-state index is -0.241. The van der Waals surface area contributed by atoms with Crippen molar-refractivity contribution in [3.63, 3.8) is 0 Å². The Labute approximate surface area is 155 Å². The molecule has 0 aliphatic carbocycles. The number of likely N-dealkylation sites (N-methyl/N-ethyl adjacent to an activating group) is 1. The van der Waals surface area contributed by atoms with E-state index in [0.29, 0.717) is 25.1 Å². The Hall–Kier alpha value is -1.66. The van der Waals surface area contributed by atoms with Crippen LogP contribution in [0.1, 0.15) is 19.3 Å². The molecule has 1 aromatic rings. The number of fused-ring (bicyclic) bond motifs is 4. The summed E-state index contributed by atoms with van der Waals surface area (Å²) in [6.07, 6.45) is 3.44. The van der Waals surface area contributed by atoms with Gasteiger partial charge in [0.05, 0.1) is 13.2 Å². The Morgan fingerprint density at radius 1 is 1.19 bits per heavy atom. The molecule has 1 aromatic carbocycles. The molecule has 1 amide bonds. The summed E-state index contributed by atoms with van der Waals surface area (Å²) < 4.78 is 18.6. The van der Waals surface area contributed by atoms with Crippen molar-refractivity contribution in [1.29, 1.82) is 0 Å². The van der Waals surface area contributed by atoms with Crippen LogP contribution >= 0.6 is 0 Å². The number of ether oxygens (including phenoxy) is 1. The lowest BCUT2D eigenvalue weighted by atomic mass is 9.95. The van der Waals surface area contributed by atoms with Crippen LogP contribution in [0.5, 0.6) is 5.75 Å². The maximum absolute atomic E-state index is 12.9. The lowest BCUT2D eigenvalue weighted by Crippen LogP contribution is -2.45. The molecular weight excluding hydrogens is 333 g/mol. The highest BCUT2D eigenvalue weighted by Gasteiger charge is 2.34. The molecular formula is C20H30FN3O2. The molecule has 3 heterocycles. The van der Waals surface area contributed by atoms with Gasteiger partial charge in [-0.1, -0.05) is 0 Å². The average Bonchev–Trinajstić information content (AvgIpc) is 2.90. The fourth-order valence-electron chi connectivity index (χ4n) is 4.00. The van der Waals surface area contributed by atoms with Crippen molar-refractivity contribution in [2.45, 2.75) is 25.3 Å². The highest BCUT2D eigenvalue weighted by Crippen LogP contribution is 2.28. The van der Waals surface area contributed by atoms with Gasteiger partial charge < -0.3 is 9.64 Å². The Morgan fingerprint density at radius 2 is 1.96 bits per heavy atom. The summed E-state index contributed by atoms with van der Waals surface area (Å²) in [6, 6.07) is 6.72. The van der Waals surface area contributed by atoms with Crippen LogP contribution in [0.4, 0.5) is 4.39 Å². The van der Waals surface area contributed by atoms with Crippen molar-refractivity contribution in [3.8, 4) is 5.75 Å². The largest absolute Gasteiger partial charge is 0.494 e. The van der Waals surface area contributed by atoms with Gasteiger partial charge in [-0.05, 0) is 49.4 Å². The van der Waals surface area contributed by atoms with Crippen molar-refractivity contribution in [2.24, 2.45) is 5.92 Å². The van der Waals surface area contributed by atoms with E-state index in [9.17, 15) is 9.18 Å². The first-order chi connectivity index (χ1) is 12.5. The Bertz CT molecular complexity index is 593. The summed E-state index contributed by atoms with van der Waals surface area (Å²) in [7, 11) is 3.64. The minimum absolute atomic E-state index is 0.186. The number of carbonyl (C=O) groups excluding carboxylic acids is 1. The van der Waals surface area contributed by atoms with Gasteiger partial charge in [-0.15, -0.1) is 0 Å². The molecule has 3 saturated heterocycles. The van der Waals surface area contributed by atoms with E-state index in [1.807, 2.05) is 14.1 Å². The second-order valence-corrected chi connectivity index (χ2v) is 7.73. The van der Waals surface area contributed by atoms with Gasteiger partial charge in [-0.3, -0.25) is 14.6 Å². The van der Waals surface area contributed by atoms with Gasteiger partial charge in [0.15, 0.2) is 0 Å². The summed E-state index contributed by atoms with van der Waals surface area (Å²) in [6.45, 7) is 5.31. The van der Waals surface area contributed by atoms with E-state index in [4.69, 9.17) is 4.74 Å². The number of halogens is 1. The van der Waals surface area contributed by atoms with Crippen LogP contribution in [0, 0.1) is 11.7 Å². The monoisotopic (exact) mass is 363 g/mol. The van der Waals surface area contributed by atoms with Crippen LogP contribution in [0.25, 0.3) is 0 Å². The number of nitrogens with zero attached hydrogens (tertiary/aromatic N) is 3. The second-order valence-electron chi connectivity index (χ2n) is 7.73. The Kier molecular flexibility index (Phi) is 6.48. The number of amides is 1. The first-order valence-corrected chi connectivity index (χ1v) is 9.56. The molecule has 3 aliphatic heterocycles. The van der Waals surface area contributed by atoms with Gasteiger partial charge in [0.25, 0.3) is 0 Å². The maximum Gasteiger partial charge on any atom is 0.236 e. The summed E-state index contributed by atoms with van der Waals surface area (Å²) in [5.41, 5.74) is 0. The zero-order valence-corrected chi connectivity index (χ0v) is 15.9. The van der Waals surface area contributed by atoms with Crippen LogP contribution in [0.15, 0.2) is 24.3 Å². The van der Waals surface area contributed by atoms with E-state index in [1.54, 1.807) is 17.0 Å². The summed E-state index contributed by atoms with van der Waals surface area (Å²) in [5, 5.41) is 0. The first-order valence-electron chi connectivity index (χ1n) is 9.56. The third-order valence-electron chi connectivity index (χ3n) is 5.43. The molecule has 6 heteroatoms. The summed E-state index contributed by atoms with van der Waals surface area (Å²) in [5.74, 6) is 1.32. The highest BCUT2D eigenvalue weighted by atomic mass is 19.1. The molecule has 0 unspecified atom stereocenters. The molecule has 2 bridgehead atoms. The zero-order chi connectivity index (χ0) is 18.5. The van der Waals surface area contributed by atoms with Gasteiger partial charge in [0, 0.05) is 46.3 Å². The number of carbonyl (C=O) groups is 1. The van der Waals surface area contributed by atoms with Crippen LogP contribution in [0.2, 0.25) is 0 Å². The molecule has 3 fully saturated rings. The van der Waals surface area contributed by atoms with Crippen molar-refractivity contribution >= 4 is 5.91 Å². The minimum Gasteiger partial charge on any atom is -0.494 e. The van der Waals surface area contributed by atoms with Crippen molar-refractivity contribution in [2.75, 3.05) is 53.4 Å². The van der Waals surface area contributed by atoms with Crippen LogP contribution in [-0.2, 0) is 4.79 Å². The van der Waals surface area contributed by atoms with Crippen molar-refractivity contribution in [1.82, 2.24) is 14.7 Å². The number of benzene rings is 1. The molecule has 0 aromatic heterocycles. The Morgan fingerprint density at radius 3 is 2.69 bits per heavy atom. The molecule has 0 saturated carbocycles. The third-order valence-corrected chi connectivity index (χ3v) is 5.43. The summed E-state index contributed by atoms with van der Waals surface area (Å²) in [4.78, 5) is 18.6. The van der Waals surface area contributed by atoms with Crippen molar-refractivity contribution < 1.29 is 13.9 Å². The quantitative estimate of drug-likeness (QED) is 0.695. The molecule has 26 heavy (non-hydrogen) atoms. The fraction of sp³-hybridized carbons (Fsp3) is 0.650. The standard InChI is InChI=1S/C20H30FN3O2/c1-22(2)20(25)15-23-12-16-4-7-18(14-23)24(13-16)10-3-11-26-19-8-5-17(21)6-9-19/h5-6,8-9,16,18H,3-4,7,10-15H2,1-2H3/t16-,18+/m0/s1. The number of hydrogen-bond acceptors (Lipinski definition) is 4.